The number of hydrogen-bond acceptors (Lipinski definition) is 6. The zero-order chi connectivity index (χ0) is 18.7. The quantitative estimate of drug-likeness (QED) is 0.434. The van der Waals surface area contributed by atoms with Crippen molar-refractivity contribution in [3.63, 3.8) is 0 Å². The number of aromatic nitrogens is 2. The molecule has 26 heavy (non-hydrogen) atoms. The molecule has 1 heterocycles. The zero-order valence-corrected chi connectivity index (χ0v) is 14.5. The second kappa shape index (κ2) is 7.49. The van der Waals surface area contributed by atoms with Crippen molar-refractivity contribution < 1.29 is 9.90 Å². The molecule has 2 aromatic rings. The third-order valence-electron chi connectivity index (χ3n) is 3.78. The van der Waals surface area contributed by atoms with E-state index in [-0.39, 0.29) is 34.6 Å². The highest BCUT2D eigenvalue weighted by atomic mass is 35.5. The number of hydrogen-bond donors (Lipinski definition) is 4. The van der Waals surface area contributed by atoms with Crippen LogP contribution in [0.25, 0.3) is 0 Å². The van der Waals surface area contributed by atoms with Crippen molar-refractivity contribution in [2.45, 2.75) is 19.3 Å². The smallest absolute Gasteiger partial charge is 0.335 e. The fraction of sp³-hybridized carbons (Fsp3) is 0.235. The Morgan fingerprint density at radius 3 is 2.92 bits per heavy atom. The van der Waals surface area contributed by atoms with E-state index in [2.05, 4.69) is 20.3 Å². The molecule has 0 aliphatic heterocycles. The van der Waals surface area contributed by atoms with Gasteiger partial charge < -0.3 is 21.6 Å². The van der Waals surface area contributed by atoms with Crippen LogP contribution in [0.5, 0.6) is 0 Å². The summed E-state index contributed by atoms with van der Waals surface area (Å²) in [6.45, 7) is 0. The SMILES string of the molecule is N=C(CC(N)=Nc1nc(Nc2cccc(C(=O)O)c2)ncc1Cl)C1CC1. The maximum atomic E-state index is 11.0. The third-order valence-corrected chi connectivity index (χ3v) is 4.05. The Balaban J connectivity index is 1.77. The molecule has 1 aliphatic carbocycles. The second-order valence-electron chi connectivity index (χ2n) is 5.96. The molecule has 0 radical (unpaired) electrons. The Morgan fingerprint density at radius 1 is 1.46 bits per heavy atom. The molecular weight excluding hydrogens is 356 g/mol. The van der Waals surface area contributed by atoms with E-state index in [1.807, 2.05) is 0 Å². The number of carbonyl (C=O) groups is 1. The standard InChI is InChI=1S/C17H17ClN6O2/c18-12-8-21-17(22-11-3-1-2-10(6-11)16(25)26)24-15(12)23-14(20)7-13(19)9-4-5-9/h1-3,6,8-9,19H,4-5,7H2,(H,25,26)(H3,20,21,22,23,24). The van der Waals surface area contributed by atoms with Gasteiger partial charge in [0, 0.05) is 17.8 Å². The van der Waals surface area contributed by atoms with Crippen LogP contribution in [-0.4, -0.2) is 32.6 Å². The Kier molecular flexibility index (Phi) is 5.13. The van der Waals surface area contributed by atoms with Gasteiger partial charge in [-0.2, -0.15) is 4.98 Å². The lowest BCUT2D eigenvalue weighted by molar-refractivity contribution is 0.0697. The van der Waals surface area contributed by atoms with Crippen LogP contribution in [0.1, 0.15) is 29.6 Å². The van der Waals surface area contributed by atoms with E-state index in [0.717, 1.165) is 12.8 Å². The van der Waals surface area contributed by atoms with Gasteiger partial charge in [-0.15, -0.1) is 0 Å². The highest BCUT2D eigenvalue weighted by Crippen LogP contribution is 2.31. The Labute approximate surface area is 154 Å². The van der Waals surface area contributed by atoms with E-state index in [4.69, 9.17) is 27.9 Å². The van der Waals surface area contributed by atoms with Crippen molar-refractivity contribution in [2.75, 3.05) is 5.32 Å². The van der Waals surface area contributed by atoms with Gasteiger partial charge in [0.15, 0.2) is 5.82 Å². The van der Waals surface area contributed by atoms with Gasteiger partial charge in [-0.3, -0.25) is 0 Å². The summed E-state index contributed by atoms with van der Waals surface area (Å²) in [6.07, 6.45) is 3.73. The van der Waals surface area contributed by atoms with Crippen molar-refractivity contribution in [1.29, 1.82) is 5.41 Å². The lowest BCUT2D eigenvalue weighted by Crippen LogP contribution is -2.17. The van der Waals surface area contributed by atoms with Gasteiger partial charge >= 0.3 is 5.97 Å². The monoisotopic (exact) mass is 372 g/mol. The molecule has 1 aliphatic rings. The minimum Gasteiger partial charge on any atom is -0.478 e. The molecule has 0 unspecified atom stereocenters. The number of halogens is 1. The molecule has 0 atom stereocenters. The Hall–Kier alpha value is -3.00. The van der Waals surface area contributed by atoms with Crippen molar-refractivity contribution >= 4 is 46.6 Å². The largest absolute Gasteiger partial charge is 0.478 e. The average molecular weight is 373 g/mol. The van der Waals surface area contributed by atoms with Crippen LogP contribution in [0.3, 0.4) is 0 Å². The number of amidine groups is 1. The first-order valence-electron chi connectivity index (χ1n) is 7.95. The lowest BCUT2D eigenvalue weighted by Gasteiger charge is -2.07. The zero-order valence-electron chi connectivity index (χ0n) is 13.7. The van der Waals surface area contributed by atoms with E-state index < -0.39 is 5.97 Å². The van der Waals surface area contributed by atoms with Crippen LogP contribution in [0.2, 0.25) is 5.02 Å². The fourth-order valence-corrected chi connectivity index (χ4v) is 2.44. The Morgan fingerprint density at radius 2 is 2.23 bits per heavy atom. The highest BCUT2D eigenvalue weighted by Gasteiger charge is 2.26. The maximum absolute atomic E-state index is 11.0. The van der Waals surface area contributed by atoms with Crippen molar-refractivity contribution in [1.82, 2.24) is 9.97 Å². The summed E-state index contributed by atoms with van der Waals surface area (Å²) in [7, 11) is 0. The molecule has 9 heteroatoms. The molecule has 0 saturated heterocycles. The van der Waals surface area contributed by atoms with Crippen LogP contribution >= 0.6 is 11.6 Å². The highest BCUT2D eigenvalue weighted by molar-refractivity contribution is 6.32. The summed E-state index contributed by atoms with van der Waals surface area (Å²) in [4.78, 5) is 23.5. The topological polar surface area (TPSA) is 137 Å². The van der Waals surface area contributed by atoms with Crippen molar-refractivity contribution in [2.24, 2.45) is 16.6 Å². The van der Waals surface area contributed by atoms with Gasteiger partial charge in [-0.1, -0.05) is 17.7 Å². The van der Waals surface area contributed by atoms with Crippen molar-refractivity contribution in [3.8, 4) is 0 Å². The number of aliphatic imine (C=N–C) groups is 1. The van der Waals surface area contributed by atoms with E-state index in [1.54, 1.807) is 12.1 Å². The summed E-state index contributed by atoms with van der Waals surface area (Å²) in [5.74, 6) is -0.0352. The van der Waals surface area contributed by atoms with Crippen LogP contribution in [0.15, 0.2) is 35.5 Å². The number of benzene rings is 1. The number of carboxylic acid groups (broad SMARTS) is 1. The molecule has 0 amide bonds. The number of nitrogens with one attached hydrogen (secondary N) is 2. The molecule has 0 bridgehead atoms. The molecular formula is C17H17ClN6O2. The summed E-state index contributed by atoms with van der Waals surface area (Å²) in [5, 5.41) is 20.1. The van der Waals surface area contributed by atoms with Crippen LogP contribution in [-0.2, 0) is 0 Å². The predicted octanol–water partition coefficient (Wildman–Crippen LogP) is 3.38. The van der Waals surface area contributed by atoms with Gasteiger partial charge in [0.2, 0.25) is 5.95 Å². The van der Waals surface area contributed by atoms with Gasteiger partial charge in [0.1, 0.15) is 10.9 Å². The number of anilines is 2. The Bertz CT molecular complexity index is 895. The predicted molar refractivity (Wildman–Crippen MR) is 100 cm³/mol. The molecule has 8 nitrogen and oxygen atoms in total. The average Bonchev–Trinajstić information content (AvgIpc) is 3.43. The minimum absolute atomic E-state index is 0.144. The van der Waals surface area contributed by atoms with Crippen LogP contribution in [0.4, 0.5) is 17.5 Å². The molecule has 134 valence electrons. The van der Waals surface area contributed by atoms with Gasteiger partial charge in [-0.05, 0) is 37.0 Å². The molecule has 1 aromatic carbocycles. The normalized spacial score (nSPS) is 14.1. The number of aromatic carboxylic acids is 1. The third kappa shape index (κ3) is 4.54. The number of nitrogens with two attached hydrogens (primary N) is 1. The van der Waals surface area contributed by atoms with Gasteiger partial charge in [-0.25, -0.2) is 14.8 Å². The molecule has 1 saturated carbocycles. The molecule has 5 N–H and O–H groups in total. The lowest BCUT2D eigenvalue weighted by atomic mass is 10.2. The molecule has 0 spiro atoms. The first-order chi connectivity index (χ1) is 12.4. The summed E-state index contributed by atoms with van der Waals surface area (Å²) < 4.78 is 0. The van der Waals surface area contributed by atoms with Gasteiger partial charge in [0.05, 0.1) is 11.8 Å². The fourth-order valence-electron chi connectivity index (χ4n) is 2.30. The maximum Gasteiger partial charge on any atom is 0.335 e. The summed E-state index contributed by atoms with van der Waals surface area (Å²) in [5.41, 5.74) is 7.13. The van der Waals surface area contributed by atoms with Crippen LogP contribution < -0.4 is 11.1 Å². The number of nitrogens with zero attached hydrogens (tertiary/aromatic N) is 3. The first kappa shape index (κ1) is 17.8. The van der Waals surface area contributed by atoms with Gasteiger partial charge in [0.25, 0.3) is 0 Å². The van der Waals surface area contributed by atoms with E-state index >= 15 is 0 Å². The second-order valence-corrected chi connectivity index (χ2v) is 6.36. The first-order valence-corrected chi connectivity index (χ1v) is 8.33. The molecule has 1 aromatic heterocycles. The van der Waals surface area contributed by atoms with E-state index in [9.17, 15) is 4.79 Å². The molecule has 1 fully saturated rings. The molecule has 3 rings (SSSR count). The summed E-state index contributed by atoms with van der Waals surface area (Å²) in [6, 6.07) is 6.26. The van der Waals surface area contributed by atoms with E-state index in [0.29, 0.717) is 17.3 Å². The summed E-state index contributed by atoms with van der Waals surface area (Å²) >= 11 is 6.07. The minimum atomic E-state index is -1.03. The van der Waals surface area contributed by atoms with Crippen molar-refractivity contribution in [3.05, 3.63) is 41.0 Å². The van der Waals surface area contributed by atoms with E-state index in [1.165, 1.54) is 18.3 Å². The number of carboxylic acids is 1. The number of rotatable bonds is 7. The van der Waals surface area contributed by atoms with Crippen LogP contribution in [0, 0.1) is 11.3 Å².